The van der Waals surface area contributed by atoms with E-state index in [4.69, 9.17) is 4.74 Å². The topological polar surface area (TPSA) is 27.7 Å². The second-order valence-electron chi connectivity index (χ2n) is 5.78. The van der Waals surface area contributed by atoms with Crippen LogP contribution >= 0.6 is 0 Å². The summed E-state index contributed by atoms with van der Waals surface area (Å²) >= 11 is 0. The van der Waals surface area contributed by atoms with E-state index in [0.717, 1.165) is 31.1 Å². The van der Waals surface area contributed by atoms with E-state index in [0.29, 0.717) is 6.04 Å². The first-order valence-electron chi connectivity index (χ1n) is 7.11. The van der Waals surface area contributed by atoms with Crippen LogP contribution in [0, 0.1) is 0 Å². The molecule has 0 radical (unpaired) electrons. The molecule has 2 aliphatic heterocycles. The zero-order valence-electron chi connectivity index (χ0n) is 11.8. The lowest BCUT2D eigenvalue weighted by Gasteiger charge is -2.30. The van der Waals surface area contributed by atoms with E-state index in [-0.39, 0.29) is 6.10 Å². The fourth-order valence-electron chi connectivity index (χ4n) is 2.95. The van der Waals surface area contributed by atoms with E-state index in [2.05, 4.69) is 35.3 Å². The maximum absolute atomic E-state index is 6.07. The molecule has 2 aliphatic rings. The molecule has 104 valence electrons. The molecule has 1 fully saturated rings. The van der Waals surface area contributed by atoms with Crippen LogP contribution < -0.4 is 10.1 Å². The van der Waals surface area contributed by atoms with Gasteiger partial charge in [-0.05, 0) is 39.2 Å². The zero-order chi connectivity index (χ0) is 13.2. The quantitative estimate of drug-likeness (QED) is 0.892. The average molecular weight is 261 g/mol. The van der Waals surface area contributed by atoms with E-state index in [1.807, 2.05) is 18.2 Å². The van der Waals surface area contributed by atoms with Gasteiger partial charge in [-0.15, -0.1) is 0 Å². The predicted molar refractivity (Wildman–Crippen MR) is 77.9 cm³/mol. The number of para-hydroxylation sites is 2. The molecule has 1 N–H and O–H groups in total. The molecule has 0 spiro atoms. The lowest BCUT2D eigenvalue weighted by atomic mass is 10.2. The number of likely N-dealkylation sites (N-methyl/N-ethyl adjacent to an activating group) is 1. The van der Waals surface area contributed by atoms with Crippen molar-refractivity contribution in [1.29, 1.82) is 0 Å². The van der Waals surface area contributed by atoms with Crippen molar-refractivity contribution in [3.05, 3.63) is 24.3 Å². The summed E-state index contributed by atoms with van der Waals surface area (Å²) in [5, 5.41) is 3.46. The largest absolute Gasteiger partial charge is 0.485 e. The molecule has 1 aromatic rings. The Kier molecular flexibility index (Phi) is 3.62. The van der Waals surface area contributed by atoms with E-state index in [1.165, 1.54) is 13.0 Å². The van der Waals surface area contributed by atoms with Gasteiger partial charge < -0.3 is 15.0 Å². The maximum atomic E-state index is 6.07. The average Bonchev–Trinajstić information content (AvgIpc) is 2.87. The Balaban J connectivity index is 1.55. The molecule has 1 saturated heterocycles. The summed E-state index contributed by atoms with van der Waals surface area (Å²) in [6.45, 7) is 4.27. The van der Waals surface area contributed by atoms with Gasteiger partial charge in [0.1, 0.15) is 11.9 Å². The van der Waals surface area contributed by atoms with Crippen LogP contribution in [0.3, 0.4) is 0 Å². The highest BCUT2D eigenvalue weighted by atomic mass is 16.5. The highest BCUT2D eigenvalue weighted by Gasteiger charge is 2.28. The van der Waals surface area contributed by atoms with Crippen LogP contribution in [0.4, 0.5) is 5.69 Å². The Morgan fingerprint density at radius 2 is 2.21 bits per heavy atom. The lowest BCUT2D eigenvalue weighted by Crippen LogP contribution is -2.42. The maximum Gasteiger partial charge on any atom is 0.142 e. The van der Waals surface area contributed by atoms with Crippen LogP contribution in [0.2, 0.25) is 0 Å². The minimum absolute atomic E-state index is 0.260. The van der Waals surface area contributed by atoms with Crippen molar-refractivity contribution in [1.82, 2.24) is 9.80 Å². The molecule has 3 rings (SSSR count). The fraction of sp³-hybridized carbons (Fsp3) is 0.600. The van der Waals surface area contributed by atoms with Crippen LogP contribution in [0.5, 0.6) is 5.75 Å². The Morgan fingerprint density at radius 1 is 1.37 bits per heavy atom. The second kappa shape index (κ2) is 5.39. The number of hydrogen-bond acceptors (Lipinski definition) is 4. The van der Waals surface area contributed by atoms with E-state index in [1.54, 1.807) is 0 Å². The van der Waals surface area contributed by atoms with Gasteiger partial charge in [0.25, 0.3) is 0 Å². The summed E-state index contributed by atoms with van der Waals surface area (Å²) in [6.07, 6.45) is 1.53. The van der Waals surface area contributed by atoms with Gasteiger partial charge in [-0.1, -0.05) is 12.1 Å². The van der Waals surface area contributed by atoms with Gasteiger partial charge in [0.15, 0.2) is 0 Å². The van der Waals surface area contributed by atoms with Crippen LogP contribution in [-0.4, -0.2) is 62.2 Å². The molecule has 0 amide bonds. The summed E-state index contributed by atoms with van der Waals surface area (Å²) < 4.78 is 6.07. The first-order valence-corrected chi connectivity index (χ1v) is 7.11. The van der Waals surface area contributed by atoms with Gasteiger partial charge in [-0.2, -0.15) is 0 Å². The number of nitrogens with zero attached hydrogens (tertiary/aromatic N) is 2. The molecule has 4 heteroatoms. The SMILES string of the molecule is CN(C)C1CCN(CC2CNc3ccccc3O2)C1. The molecule has 0 aromatic heterocycles. The molecule has 4 nitrogen and oxygen atoms in total. The van der Waals surface area contributed by atoms with Crippen molar-refractivity contribution < 1.29 is 4.74 Å². The number of ether oxygens (including phenoxy) is 1. The summed E-state index contributed by atoms with van der Waals surface area (Å²) in [6, 6.07) is 8.88. The van der Waals surface area contributed by atoms with E-state index < -0.39 is 0 Å². The predicted octanol–water partition coefficient (Wildman–Crippen LogP) is 1.50. The Bertz CT molecular complexity index is 435. The molecular formula is C15H23N3O. The Labute approximate surface area is 115 Å². The lowest BCUT2D eigenvalue weighted by molar-refractivity contribution is 0.145. The Hall–Kier alpha value is -1.26. The van der Waals surface area contributed by atoms with Crippen LogP contribution in [0.1, 0.15) is 6.42 Å². The smallest absolute Gasteiger partial charge is 0.142 e. The van der Waals surface area contributed by atoms with Crippen molar-refractivity contribution in [2.75, 3.05) is 45.6 Å². The van der Waals surface area contributed by atoms with Crippen LogP contribution in [0.15, 0.2) is 24.3 Å². The highest BCUT2D eigenvalue weighted by Crippen LogP contribution is 2.28. The summed E-state index contributed by atoms with van der Waals surface area (Å²) in [4.78, 5) is 4.85. The monoisotopic (exact) mass is 261 g/mol. The van der Waals surface area contributed by atoms with Gasteiger partial charge in [-0.25, -0.2) is 0 Å². The summed E-state index contributed by atoms with van der Waals surface area (Å²) in [5.74, 6) is 0.988. The number of nitrogens with one attached hydrogen (secondary N) is 1. The van der Waals surface area contributed by atoms with Crippen LogP contribution in [0.25, 0.3) is 0 Å². The number of likely N-dealkylation sites (tertiary alicyclic amines) is 1. The molecule has 19 heavy (non-hydrogen) atoms. The molecule has 2 heterocycles. The van der Waals surface area contributed by atoms with Crippen molar-refractivity contribution in [2.24, 2.45) is 0 Å². The number of rotatable bonds is 3. The van der Waals surface area contributed by atoms with Crippen molar-refractivity contribution in [2.45, 2.75) is 18.6 Å². The number of fused-ring (bicyclic) bond motifs is 1. The second-order valence-corrected chi connectivity index (χ2v) is 5.78. The van der Waals surface area contributed by atoms with Gasteiger partial charge in [-0.3, -0.25) is 4.90 Å². The molecule has 2 atom stereocenters. The van der Waals surface area contributed by atoms with Gasteiger partial charge in [0.2, 0.25) is 0 Å². The summed E-state index contributed by atoms with van der Waals surface area (Å²) in [5.41, 5.74) is 1.12. The third-order valence-corrected chi connectivity index (χ3v) is 4.14. The molecule has 0 bridgehead atoms. The van der Waals surface area contributed by atoms with Crippen molar-refractivity contribution in [3.63, 3.8) is 0 Å². The van der Waals surface area contributed by atoms with Gasteiger partial charge in [0.05, 0.1) is 12.2 Å². The zero-order valence-corrected chi connectivity index (χ0v) is 11.8. The van der Waals surface area contributed by atoms with Crippen LogP contribution in [-0.2, 0) is 0 Å². The number of hydrogen-bond donors (Lipinski definition) is 1. The summed E-state index contributed by atoms with van der Waals surface area (Å²) in [7, 11) is 4.34. The molecular weight excluding hydrogens is 238 g/mol. The molecule has 2 unspecified atom stereocenters. The third-order valence-electron chi connectivity index (χ3n) is 4.14. The van der Waals surface area contributed by atoms with E-state index >= 15 is 0 Å². The standard InChI is InChI=1S/C15H23N3O/c1-17(2)12-7-8-18(10-12)11-13-9-16-14-5-3-4-6-15(14)19-13/h3-6,12-13,16H,7-11H2,1-2H3. The van der Waals surface area contributed by atoms with Gasteiger partial charge >= 0.3 is 0 Å². The van der Waals surface area contributed by atoms with Gasteiger partial charge in [0, 0.05) is 19.1 Å². The highest BCUT2D eigenvalue weighted by molar-refractivity contribution is 5.57. The Morgan fingerprint density at radius 3 is 3.00 bits per heavy atom. The van der Waals surface area contributed by atoms with Crippen molar-refractivity contribution >= 4 is 5.69 Å². The normalized spacial score (nSPS) is 26.9. The van der Waals surface area contributed by atoms with E-state index in [9.17, 15) is 0 Å². The number of benzene rings is 1. The first kappa shape index (κ1) is 12.8. The first-order chi connectivity index (χ1) is 9.22. The minimum atomic E-state index is 0.260. The number of anilines is 1. The van der Waals surface area contributed by atoms with Crippen molar-refractivity contribution in [3.8, 4) is 5.75 Å². The molecule has 0 saturated carbocycles. The molecule has 1 aromatic carbocycles. The fourth-order valence-corrected chi connectivity index (χ4v) is 2.95. The minimum Gasteiger partial charge on any atom is -0.485 e. The third kappa shape index (κ3) is 2.85. The molecule has 0 aliphatic carbocycles.